The van der Waals surface area contributed by atoms with Gasteiger partial charge in [0, 0.05) is 30.4 Å². The summed E-state index contributed by atoms with van der Waals surface area (Å²) >= 11 is 3.54. The lowest BCUT2D eigenvalue weighted by Gasteiger charge is -2.32. The van der Waals surface area contributed by atoms with Crippen LogP contribution in [-0.2, 0) is 34.4 Å². The standard InChI is InChI=1S/C32H39BrN2O2/c1-5-20-34-31(37)29(22-25-10-7-6-8-11-25)35(23-26-12-9-13-28(33)21-26)30(36)19-16-24-14-17-27(18-15-24)32(2,3)4/h6-15,17-18,21,29H,5,16,19-20,22-23H2,1-4H3,(H,34,37)/t29-/m1/s1. The molecule has 0 spiro atoms. The van der Waals surface area contributed by atoms with Gasteiger partial charge >= 0.3 is 0 Å². The van der Waals surface area contributed by atoms with Crippen LogP contribution in [0.2, 0.25) is 0 Å². The van der Waals surface area contributed by atoms with Crippen LogP contribution < -0.4 is 5.32 Å². The van der Waals surface area contributed by atoms with Crippen molar-refractivity contribution >= 4 is 27.7 Å². The van der Waals surface area contributed by atoms with E-state index in [1.54, 1.807) is 4.90 Å². The predicted molar refractivity (Wildman–Crippen MR) is 155 cm³/mol. The Bertz CT molecular complexity index is 1150. The Morgan fingerprint density at radius 2 is 1.57 bits per heavy atom. The van der Waals surface area contributed by atoms with Gasteiger partial charge in [0.2, 0.25) is 11.8 Å². The Hall–Kier alpha value is -2.92. The molecule has 0 saturated carbocycles. The van der Waals surface area contributed by atoms with E-state index in [1.807, 2.05) is 61.5 Å². The van der Waals surface area contributed by atoms with Gasteiger partial charge in [0.05, 0.1) is 0 Å². The number of hydrogen-bond donors (Lipinski definition) is 1. The summed E-state index contributed by atoms with van der Waals surface area (Å²) in [6.07, 6.45) is 2.28. The minimum absolute atomic E-state index is 0.0209. The van der Waals surface area contributed by atoms with Crippen LogP contribution >= 0.6 is 15.9 Å². The summed E-state index contributed by atoms with van der Waals surface area (Å²) in [6.45, 7) is 9.58. The highest BCUT2D eigenvalue weighted by molar-refractivity contribution is 9.10. The first-order valence-corrected chi connectivity index (χ1v) is 13.9. The van der Waals surface area contributed by atoms with E-state index in [-0.39, 0.29) is 17.2 Å². The number of amides is 2. The second kappa shape index (κ2) is 13.6. The molecule has 3 aromatic carbocycles. The molecule has 0 aliphatic rings. The average molecular weight is 564 g/mol. The molecule has 0 unspecified atom stereocenters. The first-order valence-electron chi connectivity index (χ1n) is 13.1. The van der Waals surface area contributed by atoms with Crippen molar-refractivity contribution in [3.8, 4) is 0 Å². The molecule has 4 nitrogen and oxygen atoms in total. The number of nitrogens with zero attached hydrogens (tertiary/aromatic N) is 1. The Morgan fingerprint density at radius 3 is 2.19 bits per heavy atom. The molecule has 0 aliphatic heterocycles. The van der Waals surface area contributed by atoms with Crippen molar-refractivity contribution in [3.05, 3.63) is 106 Å². The van der Waals surface area contributed by atoms with E-state index in [0.717, 1.165) is 27.6 Å². The van der Waals surface area contributed by atoms with Gasteiger partial charge in [-0.05, 0) is 52.6 Å². The summed E-state index contributed by atoms with van der Waals surface area (Å²) in [6, 6.07) is 25.8. The molecule has 5 heteroatoms. The minimum atomic E-state index is -0.594. The number of hydrogen-bond acceptors (Lipinski definition) is 2. The largest absolute Gasteiger partial charge is 0.354 e. The predicted octanol–water partition coefficient (Wildman–Crippen LogP) is 6.85. The summed E-state index contributed by atoms with van der Waals surface area (Å²) in [5, 5.41) is 3.04. The molecule has 0 aliphatic carbocycles. The number of carbonyl (C=O) groups excluding carboxylic acids is 2. The third-order valence-corrected chi connectivity index (χ3v) is 7.00. The van der Waals surface area contributed by atoms with Gasteiger partial charge in [-0.25, -0.2) is 0 Å². The van der Waals surface area contributed by atoms with Crippen molar-refractivity contribution in [2.45, 2.75) is 71.4 Å². The van der Waals surface area contributed by atoms with Gasteiger partial charge in [-0.1, -0.05) is 110 Å². The molecular formula is C32H39BrN2O2. The van der Waals surface area contributed by atoms with Crippen molar-refractivity contribution in [3.63, 3.8) is 0 Å². The maximum Gasteiger partial charge on any atom is 0.243 e. The van der Waals surface area contributed by atoms with Crippen molar-refractivity contribution in [1.29, 1.82) is 0 Å². The average Bonchev–Trinajstić information content (AvgIpc) is 2.88. The summed E-state index contributed by atoms with van der Waals surface area (Å²) in [7, 11) is 0. The van der Waals surface area contributed by atoms with Gasteiger partial charge in [-0.15, -0.1) is 0 Å². The van der Waals surface area contributed by atoms with Crippen LogP contribution in [0.3, 0.4) is 0 Å². The summed E-state index contributed by atoms with van der Waals surface area (Å²) in [5.41, 5.74) is 4.50. The van der Waals surface area contributed by atoms with Crippen molar-refractivity contribution in [2.24, 2.45) is 0 Å². The highest BCUT2D eigenvalue weighted by Crippen LogP contribution is 2.23. The van der Waals surface area contributed by atoms with Gasteiger partial charge < -0.3 is 10.2 Å². The van der Waals surface area contributed by atoms with Crippen LogP contribution in [0.5, 0.6) is 0 Å². The first kappa shape index (κ1) is 28.6. The molecule has 0 fully saturated rings. The number of nitrogens with one attached hydrogen (secondary N) is 1. The molecule has 0 saturated heterocycles. The van der Waals surface area contributed by atoms with E-state index in [2.05, 4.69) is 66.3 Å². The number of aryl methyl sites for hydroxylation is 1. The molecule has 3 aromatic rings. The Balaban J connectivity index is 1.86. The lowest BCUT2D eigenvalue weighted by atomic mass is 9.86. The molecule has 0 radical (unpaired) electrons. The van der Waals surface area contributed by atoms with E-state index in [9.17, 15) is 9.59 Å². The van der Waals surface area contributed by atoms with E-state index in [4.69, 9.17) is 0 Å². The zero-order valence-corrected chi connectivity index (χ0v) is 24.1. The molecule has 37 heavy (non-hydrogen) atoms. The molecule has 1 atom stereocenters. The molecule has 3 rings (SSSR count). The Kier molecular flexibility index (Phi) is 10.5. The quantitative estimate of drug-likeness (QED) is 0.278. The van der Waals surface area contributed by atoms with Crippen LogP contribution in [-0.4, -0.2) is 29.3 Å². The van der Waals surface area contributed by atoms with Crippen LogP contribution in [0.1, 0.15) is 62.8 Å². The maximum absolute atomic E-state index is 13.8. The minimum Gasteiger partial charge on any atom is -0.354 e. The third kappa shape index (κ3) is 8.85. The van der Waals surface area contributed by atoms with E-state index in [0.29, 0.717) is 32.4 Å². The second-order valence-electron chi connectivity index (χ2n) is 10.6. The number of carbonyl (C=O) groups is 2. The lowest BCUT2D eigenvalue weighted by molar-refractivity contribution is -0.141. The van der Waals surface area contributed by atoms with Crippen LogP contribution in [0.4, 0.5) is 0 Å². The number of rotatable bonds is 11. The maximum atomic E-state index is 13.8. The number of benzene rings is 3. The first-order chi connectivity index (χ1) is 17.7. The van der Waals surface area contributed by atoms with E-state index < -0.39 is 6.04 Å². The SMILES string of the molecule is CCCNC(=O)[C@@H](Cc1ccccc1)N(Cc1cccc(Br)c1)C(=O)CCc1ccc(C(C)(C)C)cc1. The summed E-state index contributed by atoms with van der Waals surface area (Å²) < 4.78 is 0.950. The van der Waals surface area contributed by atoms with E-state index in [1.165, 1.54) is 5.56 Å². The smallest absolute Gasteiger partial charge is 0.243 e. The normalized spacial score (nSPS) is 12.1. The van der Waals surface area contributed by atoms with Crippen LogP contribution in [0.15, 0.2) is 83.3 Å². The Morgan fingerprint density at radius 1 is 0.892 bits per heavy atom. The highest BCUT2D eigenvalue weighted by Gasteiger charge is 2.30. The summed E-state index contributed by atoms with van der Waals surface area (Å²) in [4.78, 5) is 28.9. The monoisotopic (exact) mass is 562 g/mol. The van der Waals surface area contributed by atoms with Crippen molar-refractivity contribution in [2.75, 3.05) is 6.54 Å². The van der Waals surface area contributed by atoms with Crippen molar-refractivity contribution in [1.82, 2.24) is 10.2 Å². The molecule has 196 valence electrons. The summed E-state index contributed by atoms with van der Waals surface area (Å²) in [5.74, 6) is -0.129. The van der Waals surface area contributed by atoms with Gasteiger partial charge in [-0.3, -0.25) is 9.59 Å². The molecular weight excluding hydrogens is 524 g/mol. The Labute approximate surface area is 230 Å². The molecule has 2 amide bonds. The highest BCUT2D eigenvalue weighted by atomic mass is 79.9. The van der Waals surface area contributed by atoms with Crippen molar-refractivity contribution < 1.29 is 9.59 Å². The molecule has 0 bridgehead atoms. The number of halogens is 1. The second-order valence-corrected chi connectivity index (χ2v) is 11.5. The van der Waals surface area contributed by atoms with Gasteiger partial charge in [0.1, 0.15) is 6.04 Å². The zero-order chi connectivity index (χ0) is 26.8. The van der Waals surface area contributed by atoms with E-state index >= 15 is 0 Å². The van der Waals surface area contributed by atoms with Crippen LogP contribution in [0.25, 0.3) is 0 Å². The van der Waals surface area contributed by atoms with Gasteiger partial charge in [-0.2, -0.15) is 0 Å². The fourth-order valence-corrected chi connectivity index (χ4v) is 4.76. The van der Waals surface area contributed by atoms with Gasteiger partial charge in [0.15, 0.2) is 0 Å². The van der Waals surface area contributed by atoms with Gasteiger partial charge in [0.25, 0.3) is 0 Å². The molecule has 0 heterocycles. The fraction of sp³-hybridized carbons (Fsp3) is 0.375. The lowest BCUT2D eigenvalue weighted by Crippen LogP contribution is -2.50. The fourth-order valence-electron chi connectivity index (χ4n) is 4.32. The zero-order valence-electron chi connectivity index (χ0n) is 22.5. The molecule has 1 N–H and O–H groups in total. The third-order valence-electron chi connectivity index (χ3n) is 6.51. The molecule has 0 aromatic heterocycles. The topological polar surface area (TPSA) is 49.4 Å². The van der Waals surface area contributed by atoms with Crippen LogP contribution in [0, 0.1) is 0 Å².